The van der Waals surface area contributed by atoms with Gasteiger partial charge in [0.15, 0.2) is 0 Å². The first-order valence-corrected chi connectivity index (χ1v) is 12.5. The predicted octanol–water partition coefficient (Wildman–Crippen LogP) is 4.56. The molecule has 0 atom stereocenters. The average molecular weight is 562 g/mol. The lowest BCUT2D eigenvalue weighted by atomic mass is 9.99. The van der Waals surface area contributed by atoms with Gasteiger partial charge in [-0.15, -0.1) is 11.3 Å². The zero-order valence-corrected chi connectivity index (χ0v) is 21.7. The number of thiophene rings is 1. The second-order valence-corrected chi connectivity index (χ2v) is 11.1. The summed E-state index contributed by atoms with van der Waals surface area (Å²) in [6, 6.07) is 4.31. The molecule has 0 radical (unpaired) electrons. The molecule has 4 rings (SSSR count). The van der Waals surface area contributed by atoms with E-state index in [1.807, 2.05) is 13.8 Å². The maximum Gasteiger partial charge on any atom is 0.263 e. The molecule has 0 bridgehead atoms. The topological polar surface area (TPSA) is 72.3 Å². The summed E-state index contributed by atoms with van der Waals surface area (Å²) < 4.78 is 29.1. The molecule has 1 aliphatic heterocycles. The van der Waals surface area contributed by atoms with Gasteiger partial charge in [0.2, 0.25) is 11.7 Å². The number of aromatic nitrogens is 2. The van der Waals surface area contributed by atoms with E-state index in [4.69, 9.17) is 0 Å². The van der Waals surface area contributed by atoms with Crippen molar-refractivity contribution in [3.63, 3.8) is 0 Å². The second-order valence-electron chi connectivity index (χ2n) is 9.23. The van der Waals surface area contributed by atoms with Gasteiger partial charge in [0.25, 0.3) is 5.56 Å². The number of likely N-dealkylation sites (tertiary alicyclic amines) is 1. The van der Waals surface area contributed by atoms with Crippen molar-refractivity contribution >= 4 is 49.2 Å². The monoisotopic (exact) mass is 561 g/mol. The van der Waals surface area contributed by atoms with Gasteiger partial charge in [0, 0.05) is 12.0 Å². The fraction of sp³-hybridized carbons (Fsp3) is 0.360. The summed E-state index contributed by atoms with van der Waals surface area (Å²) in [4.78, 5) is 44.7. The third-order valence-corrected chi connectivity index (χ3v) is 7.12. The molecule has 6 nitrogen and oxygen atoms in total. The highest BCUT2D eigenvalue weighted by Gasteiger charge is 2.41. The highest BCUT2D eigenvalue weighted by atomic mass is 79.9. The molecule has 1 saturated heterocycles. The number of fused-ring (bicyclic) bond motifs is 1. The summed E-state index contributed by atoms with van der Waals surface area (Å²) in [6.45, 7) is 4.93. The van der Waals surface area contributed by atoms with E-state index < -0.39 is 17.0 Å². The number of rotatable bonds is 5. The van der Waals surface area contributed by atoms with E-state index >= 15 is 0 Å². The van der Waals surface area contributed by atoms with Crippen molar-refractivity contribution in [2.45, 2.75) is 39.4 Å². The predicted molar refractivity (Wildman–Crippen MR) is 134 cm³/mol. The standard InChI is InChI=1S/C25H22BrF2N3O3S/c1-14(2)8-16(32)5-7-19-21(15-4-6-18(27)17(26)9-15)22-23(35-19)29-13-30(24(22)34)10-20(33)31-11-25(3,28)12-31/h4,6,9,13-14H,8,10-12H2,1-3H3. The number of amides is 1. The van der Waals surface area contributed by atoms with Crippen LogP contribution in [0.5, 0.6) is 0 Å². The lowest BCUT2D eigenvalue weighted by Gasteiger charge is -2.42. The molecule has 0 aliphatic carbocycles. The lowest BCUT2D eigenvalue weighted by molar-refractivity contribution is -0.144. The quantitative estimate of drug-likeness (QED) is 0.428. The molecule has 1 aromatic carbocycles. The summed E-state index contributed by atoms with van der Waals surface area (Å²) in [7, 11) is 0. The minimum Gasteiger partial charge on any atom is -0.335 e. The first kappa shape index (κ1) is 25.2. The van der Waals surface area contributed by atoms with Gasteiger partial charge in [-0.2, -0.15) is 0 Å². The number of nitrogens with zero attached hydrogens (tertiary/aromatic N) is 3. The molecular formula is C25H22BrF2N3O3S. The first-order valence-electron chi connectivity index (χ1n) is 10.9. The van der Waals surface area contributed by atoms with Gasteiger partial charge >= 0.3 is 0 Å². The fourth-order valence-corrected chi connectivity index (χ4v) is 5.26. The number of hydrogen-bond donors (Lipinski definition) is 0. The van der Waals surface area contributed by atoms with E-state index in [9.17, 15) is 23.2 Å². The molecule has 3 aromatic rings. The van der Waals surface area contributed by atoms with E-state index in [0.717, 1.165) is 11.3 Å². The van der Waals surface area contributed by atoms with Gasteiger partial charge in [-0.25, -0.2) is 13.8 Å². The zero-order chi connectivity index (χ0) is 25.5. The van der Waals surface area contributed by atoms with Crippen LogP contribution in [-0.2, 0) is 16.1 Å². The molecule has 3 heterocycles. The average Bonchev–Trinajstić information content (AvgIpc) is 3.13. The Morgan fingerprint density at radius 3 is 2.66 bits per heavy atom. The van der Waals surface area contributed by atoms with Crippen LogP contribution in [0.15, 0.2) is 33.8 Å². The van der Waals surface area contributed by atoms with Gasteiger partial charge in [-0.1, -0.05) is 19.9 Å². The third-order valence-electron chi connectivity index (χ3n) is 5.50. The normalized spacial score (nSPS) is 14.5. The van der Waals surface area contributed by atoms with Crippen molar-refractivity contribution in [1.29, 1.82) is 0 Å². The van der Waals surface area contributed by atoms with Crippen molar-refractivity contribution in [1.82, 2.24) is 14.5 Å². The molecule has 0 unspecified atom stereocenters. The maximum absolute atomic E-state index is 13.9. The van der Waals surface area contributed by atoms with Crippen LogP contribution in [0.4, 0.5) is 8.78 Å². The van der Waals surface area contributed by atoms with Crippen molar-refractivity contribution in [2.75, 3.05) is 13.1 Å². The van der Waals surface area contributed by atoms with Gasteiger partial charge < -0.3 is 4.90 Å². The number of hydrogen-bond acceptors (Lipinski definition) is 5. The lowest BCUT2D eigenvalue weighted by Crippen LogP contribution is -2.60. The molecule has 0 N–H and O–H groups in total. The Bertz CT molecular complexity index is 1460. The zero-order valence-electron chi connectivity index (χ0n) is 19.3. The minimum absolute atomic E-state index is 0.0201. The number of alkyl halides is 1. The van der Waals surface area contributed by atoms with Crippen LogP contribution in [0.3, 0.4) is 0 Å². The number of ketones is 1. The van der Waals surface area contributed by atoms with E-state index in [1.165, 1.54) is 40.9 Å². The van der Waals surface area contributed by atoms with Crippen molar-refractivity contribution < 1.29 is 18.4 Å². The Balaban J connectivity index is 1.81. The molecule has 35 heavy (non-hydrogen) atoms. The SMILES string of the molecule is CC(C)CC(=O)C#Cc1sc2ncn(CC(=O)N3CC(C)(F)C3)c(=O)c2c1-c1ccc(F)c(Br)c1. The van der Waals surface area contributed by atoms with Crippen molar-refractivity contribution in [3.8, 4) is 23.0 Å². The van der Waals surface area contributed by atoms with Gasteiger partial charge in [0.1, 0.15) is 22.9 Å². The highest BCUT2D eigenvalue weighted by molar-refractivity contribution is 9.10. The minimum atomic E-state index is -1.42. The van der Waals surface area contributed by atoms with Crippen LogP contribution < -0.4 is 5.56 Å². The van der Waals surface area contributed by atoms with Gasteiger partial charge in [-0.05, 0) is 58.3 Å². The smallest absolute Gasteiger partial charge is 0.263 e. The Hall–Kier alpha value is -2.90. The summed E-state index contributed by atoms with van der Waals surface area (Å²) in [5, 5.41) is 0.225. The molecule has 182 valence electrons. The van der Waals surface area contributed by atoms with Crippen LogP contribution in [0.25, 0.3) is 21.3 Å². The van der Waals surface area contributed by atoms with Crippen LogP contribution >= 0.6 is 27.3 Å². The number of benzene rings is 1. The van der Waals surface area contributed by atoms with Crippen molar-refractivity contribution in [3.05, 3.63) is 50.0 Å². The van der Waals surface area contributed by atoms with Crippen LogP contribution in [0, 0.1) is 23.6 Å². The number of halogens is 3. The van der Waals surface area contributed by atoms with E-state index in [1.54, 1.807) is 0 Å². The Kier molecular flexibility index (Phi) is 6.93. The van der Waals surface area contributed by atoms with Gasteiger partial charge in [-0.3, -0.25) is 19.0 Å². The first-order chi connectivity index (χ1) is 16.4. The van der Waals surface area contributed by atoms with E-state index in [2.05, 4.69) is 32.8 Å². The molecule has 2 aromatic heterocycles. The largest absolute Gasteiger partial charge is 0.335 e. The Morgan fingerprint density at radius 2 is 2.03 bits per heavy atom. The molecule has 1 aliphatic rings. The number of Topliss-reactive ketones (excluding diaryl/α,β-unsaturated/α-hetero) is 1. The number of carbonyl (C=O) groups is 2. The van der Waals surface area contributed by atoms with Crippen LogP contribution in [0.1, 0.15) is 32.1 Å². The second kappa shape index (κ2) is 9.63. The highest BCUT2D eigenvalue weighted by Crippen LogP contribution is 2.37. The summed E-state index contributed by atoms with van der Waals surface area (Å²) >= 11 is 4.32. The van der Waals surface area contributed by atoms with Crippen LogP contribution in [-0.4, -0.2) is 44.9 Å². The molecular weight excluding hydrogens is 540 g/mol. The molecule has 1 amide bonds. The van der Waals surface area contributed by atoms with Crippen LogP contribution in [0.2, 0.25) is 0 Å². The van der Waals surface area contributed by atoms with E-state index in [0.29, 0.717) is 27.3 Å². The molecule has 0 saturated carbocycles. The summed E-state index contributed by atoms with van der Waals surface area (Å²) in [5.74, 6) is 4.58. The Labute approximate surface area is 213 Å². The number of carbonyl (C=O) groups excluding carboxylic acids is 2. The van der Waals surface area contributed by atoms with E-state index in [-0.39, 0.29) is 47.1 Å². The molecule has 0 spiro atoms. The fourth-order valence-electron chi connectivity index (χ4n) is 3.87. The maximum atomic E-state index is 13.9. The van der Waals surface area contributed by atoms with Gasteiger partial charge in [0.05, 0.1) is 34.2 Å². The molecule has 10 heteroatoms. The summed E-state index contributed by atoms with van der Waals surface area (Å²) in [5.41, 5.74) is -0.945. The third kappa shape index (κ3) is 5.36. The molecule has 1 fully saturated rings. The van der Waals surface area contributed by atoms with Crippen molar-refractivity contribution in [2.24, 2.45) is 5.92 Å². The summed E-state index contributed by atoms with van der Waals surface area (Å²) in [6.07, 6.45) is 1.58. The Morgan fingerprint density at radius 1 is 1.31 bits per heavy atom.